The summed E-state index contributed by atoms with van der Waals surface area (Å²) in [5, 5.41) is 12.5. The fourth-order valence-corrected chi connectivity index (χ4v) is 1.61. The molecule has 18 heavy (non-hydrogen) atoms. The third-order valence-corrected chi connectivity index (χ3v) is 2.45. The zero-order valence-electron chi connectivity index (χ0n) is 10.1. The van der Waals surface area contributed by atoms with Gasteiger partial charge in [0.05, 0.1) is 0 Å². The highest BCUT2D eigenvalue weighted by molar-refractivity contribution is 5.68. The van der Waals surface area contributed by atoms with Crippen molar-refractivity contribution in [3.05, 3.63) is 29.8 Å². The molecule has 1 aromatic carbocycles. The number of carbonyl (C=O) groups is 1. The van der Waals surface area contributed by atoms with E-state index in [-0.39, 0.29) is 6.01 Å². The molecule has 1 N–H and O–H groups in total. The third-order valence-electron chi connectivity index (χ3n) is 2.45. The van der Waals surface area contributed by atoms with E-state index >= 15 is 0 Å². The molecule has 0 atom stereocenters. The first-order valence-electron chi connectivity index (χ1n) is 5.39. The molecule has 0 saturated carbocycles. The van der Waals surface area contributed by atoms with Crippen LogP contribution in [0.2, 0.25) is 0 Å². The second-order valence-corrected chi connectivity index (χ2v) is 3.84. The standard InChI is InChI=1S/C12H13N3O3/c1-8-5-3-4-6-9(8)11-13-12(14-15(11)2)18-7-10(16)17/h3-6H,7H2,1-2H3,(H,16,17). The van der Waals surface area contributed by atoms with Gasteiger partial charge < -0.3 is 9.84 Å². The molecule has 6 nitrogen and oxygen atoms in total. The maximum absolute atomic E-state index is 10.4. The van der Waals surface area contributed by atoms with Gasteiger partial charge in [0, 0.05) is 12.6 Å². The van der Waals surface area contributed by atoms with E-state index in [9.17, 15) is 4.79 Å². The highest BCUT2D eigenvalue weighted by Crippen LogP contribution is 2.22. The van der Waals surface area contributed by atoms with Crippen LogP contribution >= 0.6 is 0 Å². The molecule has 2 aromatic rings. The van der Waals surface area contributed by atoms with E-state index in [0.29, 0.717) is 5.82 Å². The predicted molar refractivity (Wildman–Crippen MR) is 64.3 cm³/mol. The van der Waals surface area contributed by atoms with Crippen molar-refractivity contribution in [1.29, 1.82) is 0 Å². The topological polar surface area (TPSA) is 77.2 Å². The van der Waals surface area contributed by atoms with Crippen LogP contribution in [0.1, 0.15) is 5.56 Å². The molecule has 0 fully saturated rings. The first-order chi connectivity index (χ1) is 8.58. The number of ether oxygens (including phenoxy) is 1. The van der Waals surface area contributed by atoms with Gasteiger partial charge in [-0.3, -0.25) is 0 Å². The average molecular weight is 247 g/mol. The lowest BCUT2D eigenvalue weighted by Gasteiger charge is -2.02. The quantitative estimate of drug-likeness (QED) is 0.879. The van der Waals surface area contributed by atoms with Crippen LogP contribution in [0.3, 0.4) is 0 Å². The van der Waals surface area contributed by atoms with Gasteiger partial charge in [0.15, 0.2) is 12.4 Å². The zero-order valence-corrected chi connectivity index (χ0v) is 10.1. The predicted octanol–water partition coefficient (Wildman–Crippen LogP) is 1.25. The number of aliphatic carboxylic acids is 1. The lowest BCUT2D eigenvalue weighted by atomic mass is 10.1. The number of carboxylic acid groups (broad SMARTS) is 1. The van der Waals surface area contributed by atoms with Crippen molar-refractivity contribution >= 4 is 5.97 Å². The first-order valence-corrected chi connectivity index (χ1v) is 5.39. The highest BCUT2D eigenvalue weighted by atomic mass is 16.5. The van der Waals surface area contributed by atoms with Gasteiger partial charge in [-0.2, -0.15) is 4.98 Å². The largest absolute Gasteiger partial charge is 0.479 e. The zero-order chi connectivity index (χ0) is 13.1. The van der Waals surface area contributed by atoms with Crippen molar-refractivity contribution < 1.29 is 14.6 Å². The van der Waals surface area contributed by atoms with E-state index in [1.165, 1.54) is 0 Å². The molecule has 1 aromatic heterocycles. The van der Waals surface area contributed by atoms with Crippen LogP contribution in [0, 0.1) is 6.92 Å². The maximum atomic E-state index is 10.4. The molecule has 1 heterocycles. The van der Waals surface area contributed by atoms with Gasteiger partial charge in [-0.15, -0.1) is 5.10 Å². The Kier molecular flexibility index (Phi) is 3.27. The second-order valence-electron chi connectivity index (χ2n) is 3.84. The summed E-state index contributed by atoms with van der Waals surface area (Å²) >= 11 is 0. The minimum Gasteiger partial charge on any atom is -0.479 e. The summed E-state index contributed by atoms with van der Waals surface area (Å²) in [4.78, 5) is 14.6. The maximum Gasteiger partial charge on any atom is 0.341 e. The molecule has 0 aliphatic heterocycles. The molecule has 0 amide bonds. The SMILES string of the molecule is Cc1ccccc1-c1nc(OCC(=O)O)nn1C. The van der Waals surface area contributed by atoms with Gasteiger partial charge in [-0.25, -0.2) is 9.48 Å². The average Bonchev–Trinajstić information content (AvgIpc) is 2.69. The Hall–Kier alpha value is -2.37. The Bertz CT molecular complexity index is 578. The lowest BCUT2D eigenvalue weighted by Crippen LogP contribution is -2.10. The number of aryl methyl sites for hydroxylation is 2. The van der Waals surface area contributed by atoms with Crippen LogP contribution in [0.4, 0.5) is 0 Å². The molecule has 0 aliphatic carbocycles. The normalized spacial score (nSPS) is 10.3. The van der Waals surface area contributed by atoms with Crippen LogP contribution in [-0.2, 0) is 11.8 Å². The summed E-state index contributed by atoms with van der Waals surface area (Å²) < 4.78 is 6.52. The Morgan fingerprint density at radius 1 is 1.44 bits per heavy atom. The Morgan fingerprint density at radius 2 is 2.17 bits per heavy atom. The lowest BCUT2D eigenvalue weighted by molar-refractivity contribution is -0.139. The molecule has 0 radical (unpaired) electrons. The van der Waals surface area contributed by atoms with E-state index < -0.39 is 12.6 Å². The van der Waals surface area contributed by atoms with E-state index in [1.807, 2.05) is 31.2 Å². The Labute approximate surface area is 104 Å². The molecule has 0 bridgehead atoms. The van der Waals surface area contributed by atoms with Crippen LogP contribution < -0.4 is 4.74 Å². The number of hydrogen-bond donors (Lipinski definition) is 1. The van der Waals surface area contributed by atoms with E-state index in [1.54, 1.807) is 11.7 Å². The van der Waals surface area contributed by atoms with Gasteiger partial charge in [-0.05, 0) is 12.5 Å². The second kappa shape index (κ2) is 4.87. The Balaban J connectivity index is 2.30. The van der Waals surface area contributed by atoms with Gasteiger partial charge in [0.2, 0.25) is 0 Å². The van der Waals surface area contributed by atoms with Crippen molar-refractivity contribution in [2.75, 3.05) is 6.61 Å². The summed E-state index contributed by atoms with van der Waals surface area (Å²) in [7, 11) is 1.74. The van der Waals surface area contributed by atoms with Crippen LogP contribution in [0.25, 0.3) is 11.4 Å². The number of benzene rings is 1. The van der Waals surface area contributed by atoms with Gasteiger partial charge in [-0.1, -0.05) is 24.3 Å². The van der Waals surface area contributed by atoms with Crippen molar-refractivity contribution in [3.8, 4) is 17.4 Å². The molecule has 0 unspecified atom stereocenters. The van der Waals surface area contributed by atoms with Crippen molar-refractivity contribution in [2.45, 2.75) is 6.92 Å². The third kappa shape index (κ3) is 2.48. The highest BCUT2D eigenvalue weighted by Gasteiger charge is 2.12. The van der Waals surface area contributed by atoms with Gasteiger partial charge in [0.1, 0.15) is 0 Å². The molecule has 94 valence electrons. The summed E-state index contributed by atoms with van der Waals surface area (Å²) in [6.07, 6.45) is 0. The first kappa shape index (κ1) is 12.1. The van der Waals surface area contributed by atoms with Crippen molar-refractivity contribution in [2.24, 2.45) is 7.05 Å². The number of nitrogens with zero attached hydrogens (tertiary/aromatic N) is 3. The van der Waals surface area contributed by atoms with Gasteiger partial charge in [0.25, 0.3) is 0 Å². The summed E-state index contributed by atoms with van der Waals surface area (Å²) in [5.41, 5.74) is 2.01. The molecule has 0 spiro atoms. The minimum atomic E-state index is -1.06. The van der Waals surface area contributed by atoms with Crippen LogP contribution in [0.5, 0.6) is 6.01 Å². The number of rotatable bonds is 4. The van der Waals surface area contributed by atoms with E-state index in [2.05, 4.69) is 10.1 Å². The number of carboxylic acids is 1. The summed E-state index contributed by atoms with van der Waals surface area (Å²) in [5.74, 6) is -0.409. The Morgan fingerprint density at radius 3 is 2.83 bits per heavy atom. The molecular weight excluding hydrogens is 234 g/mol. The monoisotopic (exact) mass is 247 g/mol. The smallest absolute Gasteiger partial charge is 0.341 e. The van der Waals surface area contributed by atoms with Gasteiger partial charge >= 0.3 is 12.0 Å². The molecule has 0 aliphatic rings. The summed E-state index contributed by atoms with van der Waals surface area (Å²) in [6.45, 7) is 1.53. The van der Waals surface area contributed by atoms with Crippen molar-refractivity contribution in [3.63, 3.8) is 0 Å². The molecule has 2 rings (SSSR count). The summed E-state index contributed by atoms with van der Waals surface area (Å²) in [6, 6.07) is 7.83. The van der Waals surface area contributed by atoms with Crippen molar-refractivity contribution in [1.82, 2.24) is 14.8 Å². The minimum absolute atomic E-state index is 0.0677. The van der Waals surface area contributed by atoms with E-state index in [4.69, 9.17) is 9.84 Å². The number of hydrogen-bond acceptors (Lipinski definition) is 4. The van der Waals surface area contributed by atoms with E-state index in [0.717, 1.165) is 11.1 Å². The molecular formula is C12H13N3O3. The fourth-order valence-electron chi connectivity index (χ4n) is 1.61. The molecule has 0 saturated heterocycles. The van der Waals surface area contributed by atoms with Crippen LogP contribution in [-0.4, -0.2) is 32.4 Å². The number of aromatic nitrogens is 3. The van der Waals surface area contributed by atoms with Crippen LogP contribution in [0.15, 0.2) is 24.3 Å². The fraction of sp³-hybridized carbons (Fsp3) is 0.250. The molecule has 6 heteroatoms.